The molecular formula is C20H23ClN2O3S. The Kier molecular flexibility index (Phi) is 6.19. The molecule has 2 aromatic carbocycles. The average Bonchev–Trinajstić information content (AvgIpc) is 2.64. The highest BCUT2D eigenvalue weighted by Crippen LogP contribution is 2.26. The first-order chi connectivity index (χ1) is 12.9. The van der Waals surface area contributed by atoms with Crippen molar-refractivity contribution in [3.8, 4) is 0 Å². The summed E-state index contributed by atoms with van der Waals surface area (Å²) in [6.45, 7) is 2.87. The molecule has 144 valence electrons. The summed E-state index contributed by atoms with van der Waals surface area (Å²) in [7, 11) is -3.55. The fraction of sp³-hybridized carbons (Fsp3) is 0.350. The Bertz CT molecular complexity index is 938. The number of rotatable bonds is 5. The van der Waals surface area contributed by atoms with Gasteiger partial charge in [-0.2, -0.15) is 4.31 Å². The van der Waals surface area contributed by atoms with Gasteiger partial charge in [0.15, 0.2) is 0 Å². The van der Waals surface area contributed by atoms with Crippen molar-refractivity contribution in [2.45, 2.75) is 37.5 Å². The van der Waals surface area contributed by atoms with Crippen LogP contribution >= 0.6 is 11.6 Å². The summed E-state index contributed by atoms with van der Waals surface area (Å²) in [5, 5.41) is 3.36. The van der Waals surface area contributed by atoms with E-state index in [2.05, 4.69) is 5.32 Å². The molecule has 1 saturated heterocycles. The number of amides is 1. The van der Waals surface area contributed by atoms with E-state index in [0.717, 1.165) is 24.8 Å². The molecule has 0 atom stereocenters. The molecule has 0 aromatic heterocycles. The van der Waals surface area contributed by atoms with Gasteiger partial charge >= 0.3 is 0 Å². The number of hydrogen-bond donors (Lipinski definition) is 1. The van der Waals surface area contributed by atoms with Crippen molar-refractivity contribution in [3.63, 3.8) is 0 Å². The predicted octanol–water partition coefficient (Wildman–Crippen LogP) is 4.00. The van der Waals surface area contributed by atoms with Crippen molar-refractivity contribution in [3.05, 3.63) is 58.6 Å². The Labute approximate surface area is 165 Å². The minimum absolute atomic E-state index is 0.169. The highest BCUT2D eigenvalue weighted by atomic mass is 35.5. The SMILES string of the molecule is Cc1ccc(NC(=O)Cc2cccc(Cl)c2)cc1S(=O)(=O)N1CCCCC1. The van der Waals surface area contributed by atoms with Gasteiger partial charge in [0, 0.05) is 23.8 Å². The molecule has 0 aliphatic carbocycles. The van der Waals surface area contributed by atoms with Crippen LogP contribution in [0.2, 0.25) is 5.02 Å². The van der Waals surface area contributed by atoms with Gasteiger partial charge in [-0.15, -0.1) is 0 Å². The molecule has 0 saturated carbocycles. The van der Waals surface area contributed by atoms with Gasteiger partial charge in [-0.1, -0.05) is 36.2 Å². The minimum atomic E-state index is -3.55. The fourth-order valence-corrected chi connectivity index (χ4v) is 5.22. The predicted molar refractivity (Wildman–Crippen MR) is 108 cm³/mol. The highest BCUT2D eigenvalue weighted by molar-refractivity contribution is 7.89. The van der Waals surface area contributed by atoms with E-state index in [9.17, 15) is 13.2 Å². The van der Waals surface area contributed by atoms with Gasteiger partial charge in [-0.25, -0.2) is 8.42 Å². The molecule has 2 aromatic rings. The summed E-state index contributed by atoms with van der Waals surface area (Å²) >= 11 is 5.95. The standard InChI is InChI=1S/C20H23ClN2O3S/c1-15-8-9-18(22-20(24)13-16-6-5-7-17(21)12-16)14-19(15)27(25,26)23-10-3-2-4-11-23/h5-9,12,14H,2-4,10-11,13H2,1H3,(H,22,24). The molecule has 1 fully saturated rings. The number of anilines is 1. The maximum absolute atomic E-state index is 13.0. The summed E-state index contributed by atoms with van der Waals surface area (Å²) in [5.41, 5.74) is 1.95. The number of carbonyl (C=O) groups is 1. The minimum Gasteiger partial charge on any atom is -0.326 e. The van der Waals surface area contributed by atoms with Crippen molar-refractivity contribution in [1.82, 2.24) is 4.31 Å². The fourth-order valence-electron chi connectivity index (χ4n) is 3.24. The number of nitrogens with one attached hydrogen (secondary N) is 1. The molecule has 1 aliphatic rings. The molecule has 1 N–H and O–H groups in total. The van der Waals surface area contributed by atoms with Gasteiger partial charge in [0.2, 0.25) is 15.9 Å². The van der Waals surface area contributed by atoms with E-state index in [0.29, 0.717) is 29.4 Å². The molecule has 1 aliphatic heterocycles. The van der Waals surface area contributed by atoms with Gasteiger partial charge < -0.3 is 5.32 Å². The van der Waals surface area contributed by atoms with Crippen molar-refractivity contribution >= 4 is 33.2 Å². The van der Waals surface area contributed by atoms with E-state index in [1.807, 2.05) is 6.07 Å². The maximum Gasteiger partial charge on any atom is 0.243 e. The van der Waals surface area contributed by atoms with Crippen LogP contribution in [0, 0.1) is 6.92 Å². The van der Waals surface area contributed by atoms with Gasteiger partial charge in [0.25, 0.3) is 0 Å². The Morgan fingerprint density at radius 2 is 1.85 bits per heavy atom. The van der Waals surface area contributed by atoms with Gasteiger partial charge in [0.1, 0.15) is 0 Å². The third-order valence-electron chi connectivity index (χ3n) is 4.66. The monoisotopic (exact) mass is 406 g/mol. The van der Waals surface area contributed by atoms with Gasteiger partial charge in [0.05, 0.1) is 11.3 Å². The quantitative estimate of drug-likeness (QED) is 0.815. The first-order valence-electron chi connectivity index (χ1n) is 9.01. The van der Waals surface area contributed by atoms with Crippen LogP contribution in [0.3, 0.4) is 0 Å². The summed E-state index contributed by atoms with van der Waals surface area (Å²) in [6.07, 6.45) is 3.00. The number of sulfonamides is 1. The average molecular weight is 407 g/mol. The van der Waals surface area contributed by atoms with Crippen LogP contribution in [0.15, 0.2) is 47.4 Å². The second-order valence-electron chi connectivity index (χ2n) is 6.80. The number of aryl methyl sites for hydroxylation is 1. The van der Waals surface area contributed by atoms with E-state index in [1.165, 1.54) is 4.31 Å². The normalized spacial score (nSPS) is 15.5. The zero-order chi connectivity index (χ0) is 19.4. The number of piperidine rings is 1. The summed E-state index contributed by atoms with van der Waals surface area (Å²) in [6, 6.07) is 12.1. The molecule has 7 heteroatoms. The molecule has 0 bridgehead atoms. The molecule has 1 heterocycles. The Morgan fingerprint density at radius 3 is 2.56 bits per heavy atom. The first kappa shape index (κ1) is 19.9. The summed E-state index contributed by atoms with van der Waals surface area (Å²) in [5.74, 6) is -0.220. The highest BCUT2D eigenvalue weighted by Gasteiger charge is 2.27. The van der Waals surface area contributed by atoms with E-state index in [4.69, 9.17) is 11.6 Å². The van der Waals surface area contributed by atoms with Crippen molar-refractivity contribution in [1.29, 1.82) is 0 Å². The second kappa shape index (κ2) is 8.42. The largest absolute Gasteiger partial charge is 0.326 e. The summed E-state index contributed by atoms with van der Waals surface area (Å²) < 4.78 is 27.5. The van der Waals surface area contributed by atoms with Crippen molar-refractivity contribution < 1.29 is 13.2 Å². The zero-order valence-electron chi connectivity index (χ0n) is 15.2. The van der Waals surface area contributed by atoms with Crippen LogP contribution < -0.4 is 5.32 Å². The molecule has 0 unspecified atom stereocenters. The molecule has 0 spiro atoms. The molecule has 0 radical (unpaired) electrons. The van der Waals surface area contributed by atoms with Crippen LogP contribution in [-0.4, -0.2) is 31.7 Å². The van der Waals surface area contributed by atoms with Gasteiger partial charge in [-0.3, -0.25) is 4.79 Å². The summed E-state index contributed by atoms with van der Waals surface area (Å²) in [4.78, 5) is 12.6. The lowest BCUT2D eigenvalue weighted by Gasteiger charge is -2.26. The third-order valence-corrected chi connectivity index (χ3v) is 6.93. The van der Waals surface area contributed by atoms with Gasteiger partial charge in [-0.05, 0) is 55.2 Å². The third kappa shape index (κ3) is 4.89. The Morgan fingerprint density at radius 1 is 1.11 bits per heavy atom. The zero-order valence-corrected chi connectivity index (χ0v) is 16.8. The Balaban J connectivity index is 1.77. The molecular weight excluding hydrogens is 384 g/mol. The van der Waals surface area contributed by atoms with E-state index in [-0.39, 0.29) is 17.2 Å². The number of hydrogen-bond acceptors (Lipinski definition) is 3. The second-order valence-corrected chi connectivity index (χ2v) is 9.14. The Hall–Kier alpha value is -1.89. The first-order valence-corrected chi connectivity index (χ1v) is 10.8. The molecule has 1 amide bonds. The van der Waals surface area contributed by atoms with Crippen LogP contribution in [0.4, 0.5) is 5.69 Å². The van der Waals surface area contributed by atoms with Crippen LogP contribution in [-0.2, 0) is 21.2 Å². The molecule has 5 nitrogen and oxygen atoms in total. The van der Waals surface area contributed by atoms with Crippen LogP contribution in [0.5, 0.6) is 0 Å². The lowest BCUT2D eigenvalue weighted by molar-refractivity contribution is -0.115. The lowest BCUT2D eigenvalue weighted by atomic mass is 10.1. The number of nitrogens with zero attached hydrogens (tertiary/aromatic N) is 1. The van der Waals surface area contributed by atoms with Crippen LogP contribution in [0.1, 0.15) is 30.4 Å². The number of halogens is 1. The van der Waals surface area contributed by atoms with Crippen molar-refractivity contribution in [2.75, 3.05) is 18.4 Å². The topological polar surface area (TPSA) is 66.5 Å². The van der Waals surface area contributed by atoms with E-state index < -0.39 is 10.0 Å². The van der Waals surface area contributed by atoms with Crippen molar-refractivity contribution in [2.24, 2.45) is 0 Å². The molecule has 27 heavy (non-hydrogen) atoms. The lowest BCUT2D eigenvalue weighted by Crippen LogP contribution is -2.36. The maximum atomic E-state index is 13.0. The van der Waals surface area contributed by atoms with E-state index >= 15 is 0 Å². The molecule has 3 rings (SSSR count). The smallest absolute Gasteiger partial charge is 0.243 e. The van der Waals surface area contributed by atoms with E-state index in [1.54, 1.807) is 43.3 Å². The number of carbonyl (C=O) groups excluding carboxylic acids is 1. The van der Waals surface area contributed by atoms with Crippen LogP contribution in [0.25, 0.3) is 0 Å². The number of benzene rings is 2.